The Bertz CT molecular complexity index is 490. The normalized spacial score (nSPS) is 23.1. The smallest absolute Gasteiger partial charge is 0.254 e. The molecule has 2 rings (SSSR count). The molecule has 1 amide bonds. The highest BCUT2D eigenvalue weighted by Crippen LogP contribution is 2.25. The predicted octanol–water partition coefficient (Wildman–Crippen LogP) is 2.02. The summed E-state index contributed by atoms with van der Waals surface area (Å²) in [5.74, 6) is 0.641. The van der Waals surface area contributed by atoms with Crippen molar-refractivity contribution in [2.24, 2.45) is 5.92 Å². The third-order valence-corrected chi connectivity index (χ3v) is 4.63. The largest absolute Gasteiger partial charge is 0.507 e. The molecule has 0 radical (unpaired) electrons. The highest BCUT2D eigenvalue weighted by atomic mass is 127. The van der Waals surface area contributed by atoms with E-state index in [0.717, 1.165) is 16.7 Å². The zero-order chi connectivity index (χ0) is 14.2. The Morgan fingerprint density at radius 1 is 1.42 bits per heavy atom. The van der Waals surface area contributed by atoms with Crippen molar-refractivity contribution in [3.8, 4) is 5.75 Å². The monoisotopic (exact) mass is 374 g/mol. The van der Waals surface area contributed by atoms with E-state index in [2.05, 4.69) is 11.8 Å². The summed E-state index contributed by atoms with van der Waals surface area (Å²) in [4.78, 5) is 16.5. The second-order valence-electron chi connectivity index (χ2n) is 5.38. The topological polar surface area (TPSA) is 43.8 Å². The molecule has 0 saturated carbocycles. The van der Waals surface area contributed by atoms with Crippen LogP contribution in [0.25, 0.3) is 0 Å². The highest BCUT2D eigenvalue weighted by Gasteiger charge is 2.34. The van der Waals surface area contributed by atoms with Crippen molar-refractivity contribution in [3.63, 3.8) is 0 Å². The van der Waals surface area contributed by atoms with Crippen LogP contribution < -0.4 is 0 Å². The Balaban J connectivity index is 2.15. The van der Waals surface area contributed by atoms with Gasteiger partial charge in [0.05, 0.1) is 3.57 Å². The van der Waals surface area contributed by atoms with Gasteiger partial charge in [0.1, 0.15) is 5.75 Å². The Morgan fingerprint density at radius 3 is 2.63 bits per heavy atom. The number of benzene rings is 1. The number of hydrogen-bond donors (Lipinski definition) is 1. The maximum atomic E-state index is 12.4. The molecule has 0 spiro atoms. The number of hydrogen-bond acceptors (Lipinski definition) is 3. The van der Waals surface area contributed by atoms with Crippen LogP contribution in [0.3, 0.4) is 0 Å². The van der Waals surface area contributed by atoms with Gasteiger partial charge < -0.3 is 14.9 Å². The maximum absolute atomic E-state index is 12.4. The van der Waals surface area contributed by atoms with Gasteiger partial charge in [0.15, 0.2) is 0 Å². The van der Waals surface area contributed by atoms with Crippen molar-refractivity contribution in [1.82, 2.24) is 9.80 Å². The van der Waals surface area contributed by atoms with Crippen LogP contribution >= 0.6 is 22.6 Å². The van der Waals surface area contributed by atoms with Crippen molar-refractivity contribution in [3.05, 3.63) is 27.3 Å². The number of carbonyl (C=O) groups is 1. The number of likely N-dealkylation sites (tertiary alicyclic amines) is 1. The molecule has 1 saturated heterocycles. The summed E-state index contributed by atoms with van der Waals surface area (Å²) in [5.41, 5.74) is 0.560. The molecule has 19 heavy (non-hydrogen) atoms. The fraction of sp³-hybridized carbons (Fsp3) is 0.500. The standard InChI is InChI=1S/C14H19IN2O2/c1-9-7-17(8-12(9)16(2)3)14(19)10-4-5-11(15)13(18)6-10/h4-6,9,12,18H,7-8H2,1-3H3. The lowest BCUT2D eigenvalue weighted by molar-refractivity contribution is 0.0781. The number of aromatic hydroxyl groups is 1. The molecule has 0 bridgehead atoms. The van der Waals surface area contributed by atoms with Crippen LogP contribution in [-0.4, -0.2) is 54.0 Å². The lowest BCUT2D eigenvalue weighted by Gasteiger charge is -2.22. The zero-order valence-corrected chi connectivity index (χ0v) is 13.6. The third kappa shape index (κ3) is 3.02. The first-order valence-corrected chi connectivity index (χ1v) is 7.42. The van der Waals surface area contributed by atoms with E-state index in [1.54, 1.807) is 18.2 Å². The van der Waals surface area contributed by atoms with Gasteiger partial charge in [-0.25, -0.2) is 0 Å². The minimum Gasteiger partial charge on any atom is -0.507 e. The molecule has 104 valence electrons. The van der Waals surface area contributed by atoms with Crippen LogP contribution in [0.15, 0.2) is 18.2 Å². The van der Waals surface area contributed by atoms with Gasteiger partial charge in [0.25, 0.3) is 5.91 Å². The summed E-state index contributed by atoms with van der Waals surface area (Å²) in [6.07, 6.45) is 0. The van der Waals surface area contributed by atoms with Gasteiger partial charge in [0.2, 0.25) is 0 Å². The molecule has 1 aromatic carbocycles. The molecule has 2 atom stereocenters. The van der Waals surface area contributed by atoms with Crippen LogP contribution in [0, 0.1) is 9.49 Å². The van der Waals surface area contributed by atoms with Crippen LogP contribution in [0.5, 0.6) is 5.75 Å². The van der Waals surface area contributed by atoms with E-state index in [0.29, 0.717) is 17.5 Å². The van der Waals surface area contributed by atoms with E-state index in [-0.39, 0.29) is 11.7 Å². The SMILES string of the molecule is CC1CN(C(=O)c2ccc(I)c(O)c2)CC1N(C)C. The summed E-state index contributed by atoms with van der Waals surface area (Å²) < 4.78 is 0.759. The molecule has 0 aromatic heterocycles. The van der Waals surface area contributed by atoms with Crippen LogP contribution in [-0.2, 0) is 0 Å². The maximum Gasteiger partial charge on any atom is 0.254 e. The number of nitrogens with zero attached hydrogens (tertiary/aromatic N) is 2. The summed E-state index contributed by atoms with van der Waals surface area (Å²) >= 11 is 2.05. The van der Waals surface area contributed by atoms with Crippen molar-refractivity contribution in [1.29, 1.82) is 0 Å². The molecule has 1 aromatic rings. The van der Waals surface area contributed by atoms with Crippen molar-refractivity contribution >= 4 is 28.5 Å². The molecule has 4 nitrogen and oxygen atoms in total. The molecule has 5 heteroatoms. The van der Waals surface area contributed by atoms with Crippen LogP contribution in [0.2, 0.25) is 0 Å². The fourth-order valence-electron chi connectivity index (χ4n) is 2.62. The van der Waals surface area contributed by atoms with E-state index < -0.39 is 0 Å². The van der Waals surface area contributed by atoms with Gasteiger partial charge in [-0.15, -0.1) is 0 Å². The molecule has 1 aliphatic heterocycles. The van der Waals surface area contributed by atoms with Gasteiger partial charge in [0, 0.05) is 24.7 Å². The fourth-order valence-corrected chi connectivity index (χ4v) is 2.95. The zero-order valence-electron chi connectivity index (χ0n) is 11.4. The summed E-state index contributed by atoms with van der Waals surface area (Å²) in [7, 11) is 4.09. The minimum atomic E-state index is 0.00269. The van der Waals surface area contributed by atoms with Gasteiger partial charge >= 0.3 is 0 Å². The van der Waals surface area contributed by atoms with Gasteiger partial charge in [-0.1, -0.05) is 6.92 Å². The average molecular weight is 374 g/mol. The van der Waals surface area contributed by atoms with Crippen molar-refractivity contribution in [2.75, 3.05) is 27.2 Å². The lowest BCUT2D eigenvalue weighted by Crippen LogP contribution is -2.35. The number of phenols is 1. The third-order valence-electron chi connectivity index (χ3n) is 3.72. The lowest BCUT2D eigenvalue weighted by atomic mass is 10.1. The van der Waals surface area contributed by atoms with Gasteiger partial charge in [-0.05, 0) is 60.8 Å². The number of amides is 1. The molecular weight excluding hydrogens is 355 g/mol. The van der Waals surface area contributed by atoms with Crippen molar-refractivity contribution < 1.29 is 9.90 Å². The van der Waals surface area contributed by atoms with Crippen LogP contribution in [0.1, 0.15) is 17.3 Å². The Labute approximate surface area is 127 Å². The number of halogens is 1. The summed E-state index contributed by atoms with van der Waals surface area (Å²) in [6.45, 7) is 3.69. The van der Waals surface area contributed by atoms with Crippen LogP contribution in [0.4, 0.5) is 0 Å². The molecule has 1 heterocycles. The average Bonchev–Trinajstić information content (AvgIpc) is 2.74. The van der Waals surface area contributed by atoms with Gasteiger partial charge in [-0.2, -0.15) is 0 Å². The summed E-state index contributed by atoms with van der Waals surface area (Å²) in [6, 6.07) is 5.50. The molecule has 1 aliphatic rings. The molecule has 1 N–H and O–H groups in total. The van der Waals surface area contributed by atoms with E-state index in [9.17, 15) is 9.90 Å². The second kappa shape index (κ2) is 5.66. The Morgan fingerprint density at radius 2 is 2.11 bits per heavy atom. The Hall–Kier alpha value is -0.820. The van der Waals surface area contributed by atoms with E-state index in [1.165, 1.54) is 0 Å². The quantitative estimate of drug-likeness (QED) is 0.806. The predicted molar refractivity (Wildman–Crippen MR) is 83.4 cm³/mol. The van der Waals surface area contributed by atoms with Gasteiger partial charge in [-0.3, -0.25) is 4.79 Å². The molecule has 0 aliphatic carbocycles. The first-order valence-electron chi connectivity index (χ1n) is 6.34. The number of phenolic OH excluding ortho intramolecular Hbond substituents is 1. The van der Waals surface area contributed by atoms with E-state index in [4.69, 9.17) is 0 Å². The number of carbonyl (C=O) groups excluding carboxylic acids is 1. The first-order chi connectivity index (χ1) is 8.90. The van der Waals surface area contributed by atoms with E-state index >= 15 is 0 Å². The second-order valence-corrected chi connectivity index (χ2v) is 6.55. The number of likely N-dealkylation sites (N-methyl/N-ethyl adjacent to an activating group) is 1. The van der Waals surface area contributed by atoms with Crippen molar-refractivity contribution in [2.45, 2.75) is 13.0 Å². The highest BCUT2D eigenvalue weighted by molar-refractivity contribution is 14.1. The molecule has 1 fully saturated rings. The molecule has 2 unspecified atom stereocenters. The first kappa shape index (κ1) is 14.6. The summed E-state index contributed by atoms with van der Waals surface area (Å²) in [5, 5.41) is 9.70. The Kier molecular flexibility index (Phi) is 4.35. The molecular formula is C14H19IN2O2. The number of rotatable bonds is 2. The van der Waals surface area contributed by atoms with E-state index in [1.807, 2.05) is 41.6 Å². The minimum absolute atomic E-state index is 0.00269.